The molecule has 17 heteroatoms. The van der Waals surface area contributed by atoms with Crippen LogP contribution in [0.25, 0.3) is 0 Å². The number of carbonyl (C=O) groups is 4. The summed E-state index contributed by atoms with van der Waals surface area (Å²) < 4.78 is 20.2. The molecule has 0 fully saturated rings. The van der Waals surface area contributed by atoms with Crippen molar-refractivity contribution in [3.63, 3.8) is 0 Å². The fourth-order valence-corrected chi connectivity index (χ4v) is 4.23. The molecule has 2 aromatic carbocycles. The summed E-state index contributed by atoms with van der Waals surface area (Å²) in [5, 5.41) is 20.4. The molecule has 0 aromatic heterocycles. The van der Waals surface area contributed by atoms with Gasteiger partial charge in [0.25, 0.3) is 16.6 Å². The summed E-state index contributed by atoms with van der Waals surface area (Å²) in [6.07, 6.45) is 2.14. The maximum absolute atomic E-state index is 12.2. The molecule has 45 heavy (non-hydrogen) atoms. The number of carbonyl (C=O) groups excluding carboxylic acids is 4. The van der Waals surface area contributed by atoms with Crippen molar-refractivity contribution < 1.29 is 48.0 Å². The van der Waals surface area contributed by atoms with Crippen molar-refractivity contribution in [1.82, 2.24) is 0 Å². The van der Waals surface area contributed by atoms with Gasteiger partial charge < -0.3 is 18.9 Å². The van der Waals surface area contributed by atoms with Crippen LogP contribution in [0.2, 0.25) is 10.0 Å². The van der Waals surface area contributed by atoms with Crippen LogP contribution in [-0.2, 0) is 28.5 Å². The topological polar surface area (TPSA) is 191 Å². The lowest BCUT2D eigenvalue weighted by Crippen LogP contribution is -2.34. The van der Waals surface area contributed by atoms with Gasteiger partial charge in [0.15, 0.2) is 5.78 Å². The van der Waals surface area contributed by atoms with Gasteiger partial charge in [-0.1, -0.05) is 23.2 Å². The van der Waals surface area contributed by atoms with Crippen LogP contribution >= 0.6 is 34.8 Å². The van der Waals surface area contributed by atoms with Crippen molar-refractivity contribution in [2.75, 3.05) is 0 Å². The van der Waals surface area contributed by atoms with Gasteiger partial charge in [-0.25, -0.2) is 9.59 Å². The SMILES string of the molecule is CC1(C)OC(=O)C=C(CC(=O)c2cc([N+](=O)[O-])ccc2Cl)O1.CC1=CC(=O)OC(C)(C)O1.O=C(Cl)c1cc([N+](=O)[O-])ccc1Cl. The number of hydrogen-bond donors (Lipinski definition) is 0. The number of ether oxygens (including phenoxy) is 4. The zero-order chi connectivity index (χ0) is 34.3. The highest BCUT2D eigenvalue weighted by Gasteiger charge is 2.31. The van der Waals surface area contributed by atoms with Crippen molar-refractivity contribution >= 4 is 69.1 Å². The summed E-state index contributed by atoms with van der Waals surface area (Å²) >= 11 is 16.6. The number of esters is 2. The largest absolute Gasteiger partial charge is 0.457 e. The molecular weight excluding hydrogens is 663 g/mol. The van der Waals surface area contributed by atoms with E-state index in [4.69, 9.17) is 53.8 Å². The number of nitrogens with zero attached hydrogens (tertiary/aromatic N) is 2. The molecule has 0 radical (unpaired) electrons. The zero-order valence-corrected chi connectivity index (χ0v) is 26.5. The van der Waals surface area contributed by atoms with E-state index >= 15 is 0 Å². The van der Waals surface area contributed by atoms with Gasteiger partial charge in [-0.15, -0.1) is 0 Å². The third-order valence-corrected chi connectivity index (χ3v) is 6.11. The van der Waals surface area contributed by atoms with Crippen LogP contribution in [0, 0.1) is 20.2 Å². The minimum atomic E-state index is -1.17. The van der Waals surface area contributed by atoms with Gasteiger partial charge in [-0.2, -0.15) is 0 Å². The Bertz CT molecular complexity index is 1620. The Morgan fingerprint density at radius 1 is 0.756 bits per heavy atom. The quantitative estimate of drug-likeness (QED) is 0.101. The van der Waals surface area contributed by atoms with Gasteiger partial charge in [-0.05, 0) is 30.7 Å². The van der Waals surface area contributed by atoms with Gasteiger partial charge in [0, 0.05) is 57.5 Å². The molecule has 2 heterocycles. The van der Waals surface area contributed by atoms with Crippen molar-refractivity contribution in [3.8, 4) is 0 Å². The lowest BCUT2D eigenvalue weighted by atomic mass is 10.1. The zero-order valence-electron chi connectivity index (χ0n) is 24.3. The molecule has 0 amide bonds. The van der Waals surface area contributed by atoms with Gasteiger partial charge in [0.2, 0.25) is 11.6 Å². The average molecular weight is 688 g/mol. The predicted octanol–water partition coefficient (Wildman–Crippen LogP) is 6.84. The van der Waals surface area contributed by atoms with Gasteiger partial charge in [-0.3, -0.25) is 29.8 Å². The molecule has 0 N–H and O–H groups in total. The lowest BCUT2D eigenvalue weighted by molar-refractivity contribution is -0.385. The average Bonchev–Trinajstić information content (AvgIpc) is 2.86. The Morgan fingerprint density at radius 2 is 1.20 bits per heavy atom. The van der Waals surface area contributed by atoms with Gasteiger partial charge >= 0.3 is 11.9 Å². The van der Waals surface area contributed by atoms with Crippen molar-refractivity contribution in [2.45, 2.75) is 52.6 Å². The number of rotatable bonds is 6. The number of nitro groups is 2. The number of non-ortho nitro benzene ring substituents is 2. The normalized spacial score (nSPS) is 15.8. The minimum Gasteiger partial charge on any atom is -0.457 e. The molecule has 2 aliphatic heterocycles. The molecule has 0 unspecified atom stereocenters. The highest BCUT2D eigenvalue weighted by atomic mass is 35.5. The third-order valence-electron chi connectivity index (χ3n) is 5.24. The van der Waals surface area contributed by atoms with Crippen LogP contribution in [0.5, 0.6) is 0 Å². The lowest BCUT2D eigenvalue weighted by Gasteiger charge is -2.30. The fraction of sp³-hybridized carbons (Fsp3) is 0.286. The highest BCUT2D eigenvalue weighted by molar-refractivity contribution is 6.68. The highest BCUT2D eigenvalue weighted by Crippen LogP contribution is 2.28. The number of Topliss-reactive ketones (excluding diaryl/α,β-unsaturated/α-hetero) is 1. The molecule has 0 bridgehead atoms. The first-order valence-corrected chi connectivity index (χ1v) is 13.7. The number of nitro benzene ring substituents is 2. The van der Waals surface area contributed by atoms with Crippen molar-refractivity contribution in [2.24, 2.45) is 0 Å². The Balaban J connectivity index is 0.000000259. The number of allylic oxidation sites excluding steroid dienone is 2. The maximum atomic E-state index is 12.2. The molecule has 2 aromatic rings. The number of hydrogen-bond acceptors (Lipinski definition) is 12. The Labute approximate surface area is 270 Å². The summed E-state index contributed by atoms with van der Waals surface area (Å²) in [4.78, 5) is 64.9. The van der Waals surface area contributed by atoms with E-state index in [1.54, 1.807) is 20.8 Å². The summed E-state index contributed by atoms with van der Waals surface area (Å²) in [5.41, 5.74) is -0.519. The summed E-state index contributed by atoms with van der Waals surface area (Å²) in [6.45, 7) is 8.18. The van der Waals surface area contributed by atoms with E-state index in [2.05, 4.69) is 0 Å². The van der Waals surface area contributed by atoms with E-state index in [0.717, 1.165) is 18.2 Å². The molecule has 240 valence electrons. The second kappa shape index (κ2) is 15.0. The summed E-state index contributed by atoms with van der Waals surface area (Å²) in [6, 6.07) is 7.08. The molecule has 0 spiro atoms. The second-order valence-corrected chi connectivity index (χ2v) is 11.1. The number of ketones is 1. The minimum absolute atomic E-state index is 0.00267. The standard InChI is InChI=1S/C14H12ClNO6.C7H3Cl2NO3.C7H10O3/c1-14(2)21-9(7-13(18)22-14)6-12(17)10-5-8(16(19)20)3-4-11(10)15;8-6-2-1-4(10(12)13)3-5(6)7(9)11;1-5-4-6(8)10-7(2,3)9-5/h3-5,7H,6H2,1-2H3;1-3H;4H,1-3H3. The fourth-order valence-electron chi connectivity index (χ4n) is 3.60. The van der Waals surface area contributed by atoms with Crippen LogP contribution < -0.4 is 0 Å². The molecule has 0 saturated heterocycles. The van der Waals surface area contributed by atoms with Crippen LogP contribution in [0.4, 0.5) is 11.4 Å². The molecule has 0 atom stereocenters. The van der Waals surface area contributed by atoms with Crippen molar-refractivity contribution in [1.29, 1.82) is 0 Å². The third kappa shape index (κ3) is 11.5. The first kappa shape index (κ1) is 36.7. The number of halogens is 3. The Morgan fingerprint density at radius 3 is 1.62 bits per heavy atom. The van der Waals surface area contributed by atoms with Gasteiger partial charge in [0.1, 0.15) is 11.5 Å². The van der Waals surface area contributed by atoms with Gasteiger partial charge in [0.05, 0.1) is 44.0 Å². The first-order chi connectivity index (χ1) is 20.7. The predicted molar refractivity (Wildman–Crippen MR) is 160 cm³/mol. The molecule has 0 aliphatic carbocycles. The molecule has 2 aliphatic rings. The van der Waals surface area contributed by atoms with E-state index in [0.29, 0.717) is 5.76 Å². The smallest absolute Gasteiger partial charge is 0.337 e. The Kier molecular flexibility index (Phi) is 12.2. The molecular formula is C28H25Cl3N2O12. The first-order valence-electron chi connectivity index (χ1n) is 12.5. The maximum Gasteiger partial charge on any atom is 0.337 e. The van der Waals surface area contributed by atoms with Crippen LogP contribution in [0.1, 0.15) is 61.8 Å². The van der Waals surface area contributed by atoms with Crippen LogP contribution in [0.15, 0.2) is 60.1 Å². The summed E-state index contributed by atoms with van der Waals surface area (Å²) in [7, 11) is 0. The van der Waals surface area contributed by atoms with E-state index in [9.17, 15) is 39.4 Å². The van der Waals surface area contributed by atoms with Crippen LogP contribution in [-0.4, -0.2) is 44.4 Å². The second-order valence-electron chi connectivity index (χ2n) is 9.93. The van der Waals surface area contributed by atoms with E-state index < -0.39 is 38.4 Å². The number of benzene rings is 2. The summed E-state index contributed by atoms with van der Waals surface area (Å²) in [5.74, 6) is -2.71. The molecule has 0 saturated carbocycles. The number of cyclic esters (lactones) is 2. The van der Waals surface area contributed by atoms with E-state index in [-0.39, 0.29) is 50.7 Å². The van der Waals surface area contributed by atoms with Crippen LogP contribution in [0.3, 0.4) is 0 Å². The molecule has 4 rings (SSSR count). The monoisotopic (exact) mass is 686 g/mol. The van der Waals surface area contributed by atoms with E-state index in [1.165, 1.54) is 44.2 Å². The molecule has 14 nitrogen and oxygen atoms in total. The van der Waals surface area contributed by atoms with Crippen molar-refractivity contribution in [3.05, 3.63) is 101 Å². The Hall–Kier alpha value is -4.53. The van der Waals surface area contributed by atoms with E-state index in [1.807, 2.05) is 0 Å².